The summed E-state index contributed by atoms with van der Waals surface area (Å²) in [5, 5.41) is 0. The normalized spacial score (nSPS) is 8.94. The zero-order valence-electron chi connectivity index (χ0n) is 11.0. The van der Waals surface area contributed by atoms with Gasteiger partial charge in [-0.1, -0.05) is 0 Å². The van der Waals surface area contributed by atoms with Crippen molar-refractivity contribution in [3.63, 3.8) is 0 Å². The molecule has 20 nitrogen and oxygen atoms in total. The molecule has 0 aromatic rings. The molecule has 0 aliphatic rings. The fourth-order valence-electron chi connectivity index (χ4n) is 0. The molecule has 0 unspecified atom stereocenters. The van der Waals surface area contributed by atoms with Gasteiger partial charge in [0.05, 0.1) is 0 Å². The summed E-state index contributed by atoms with van der Waals surface area (Å²) in [6.45, 7) is 0. The van der Waals surface area contributed by atoms with Gasteiger partial charge in [-0.2, -0.15) is 0 Å². The van der Waals surface area contributed by atoms with Gasteiger partial charge in [0.25, 0.3) is 0 Å². The maximum atomic E-state index is 8.88. The van der Waals surface area contributed by atoms with Crippen molar-refractivity contribution >= 4 is 450 Å². The third-order valence-corrected chi connectivity index (χ3v) is 0. The fourth-order valence-corrected chi connectivity index (χ4v) is 0. The first kappa shape index (κ1) is 85.8. The molecule has 0 rings (SSSR count). The van der Waals surface area contributed by atoms with E-state index in [1.54, 1.807) is 0 Å². The molecule has 0 fully saturated rings. The second-order valence-electron chi connectivity index (χ2n) is 2.57. The van der Waals surface area contributed by atoms with Crippen LogP contribution in [0.3, 0.4) is 0 Å². The minimum absolute atomic E-state index is 0. The van der Waals surface area contributed by atoms with E-state index < -0.39 is 39.1 Å². The third-order valence-electron chi connectivity index (χ3n) is 0. The Hall–Kier alpha value is 13.6. The molecule has 33 heavy (non-hydrogen) atoms. The van der Waals surface area contributed by atoms with Crippen molar-refractivity contribution in [1.29, 1.82) is 0 Å². The SMILES string of the molecule is O=P(O)(O)O.O=P(O)(O)O.O=P(O)(O)O.O=P(O)(O)O.O=P(O)(O)O.[KH].[KH].[KH].[KH].[KH].[KH].[KH].[KH]. The zero-order valence-corrected chi connectivity index (χ0v) is 15.5. The monoisotopic (exact) mass is 810 g/mol. The summed E-state index contributed by atoms with van der Waals surface area (Å²) in [5.74, 6) is 0. The van der Waals surface area contributed by atoms with E-state index in [1.165, 1.54) is 0 Å². The standard InChI is InChI=1S/8K.5H3O4P.8H/c;;;;;;;;5*1-5(2,3)4;;;;;;;;/h;;;;;;;;5*(H3,1,2,3,4);;;;;;;;. The molecular formula is H23K8O20P5. The van der Waals surface area contributed by atoms with Gasteiger partial charge in [-0.05, 0) is 0 Å². The van der Waals surface area contributed by atoms with Crippen LogP contribution in [0.25, 0.3) is 0 Å². The summed E-state index contributed by atoms with van der Waals surface area (Å²) < 4.78 is 44.4. The number of rotatable bonds is 0. The molecule has 33 heteroatoms. The Balaban J connectivity index is -0.0000000130. The first-order valence-corrected chi connectivity index (χ1v) is 11.7. The van der Waals surface area contributed by atoms with E-state index in [9.17, 15) is 0 Å². The molecule has 0 saturated carbocycles. The molecule has 0 aliphatic carbocycles. The van der Waals surface area contributed by atoms with Crippen molar-refractivity contribution in [3.8, 4) is 0 Å². The average Bonchev–Trinajstić information content (AvgIpc) is 1.79. The number of hydrogen-bond acceptors (Lipinski definition) is 5. The summed E-state index contributed by atoms with van der Waals surface area (Å²) in [6.07, 6.45) is 0. The Labute approximate surface area is 527 Å². The van der Waals surface area contributed by atoms with E-state index in [1.807, 2.05) is 0 Å². The van der Waals surface area contributed by atoms with Crippen LogP contribution in [-0.4, -0.2) is 484 Å². The van der Waals surface area contributed by atoms with Crippen molar-refractivity contribution < 1.29 is 96.2 Å². The van der Waals surface area contributed by atoms with Crippen molar-refractivity contribution in [2.75, 3.05) is 0 Å². The molecule has 0 amide bonds. The second-order valence-corrected chi connectivity index (χ2v) is 7.70. The Morgan fingerprint density at radius 1 is 0.212 bits per heavy atom. The molecule has 0 aliphatic heterocycles. The summed E-state index contributed by atoms with van der Waals surface area (Å²) in [7, 11) is -23.2. The van der Waals surface area contributed by atoms with Gasteiger partial charge in [0.15, 0.2) is 0 Å². The van der Waals surface area contributed by atoms with Crippen LogP contribution in [0.15, 0.2) is 0 Å². The molecule has 0 saturated heterocycles. The van der Waals surface area contributed by atoms with Gasteiger partial charge >= 0.3 is 450 Å². The van der Waals surface area contributed by atoms with Crippen LogP contribution in [-0.2, 0) is 22.8 Å². The van der Waals surface area contributed by atoms with Crippen LogP contribution < -0.4 is 0 Å². The van der Waals surface area contributed by atoms with Crippen LogP contribution in [0.5, 0.6) is 0 Å². The summed E-state index contributed by atoms with van der Waals surface area (Å²) in [6, 6.07) is 0. The summed E-state index contributed by atoms with van der Waals surface area (Å²) in [5.41, 5.74) is 0. The maximum absolute atomic E-state index is 8.88. The molecule has 0 bridgehead atoms. The second kappa shape index (κ2) is 47.8. The zero-order chi connectivity index (χ0) is 22.5. The topological polar surface area (TPSA) is 389 Å². The van der Waals surface area contributed by atoms with E-state index in [-0.39, 0.29) is 411 Å². The van der Waals surface area contributed by atoms with Gasteiger partial charge in [0.1, 0.15) is 0 Å². The molecule has 15 N–H and O–H groups in total. The molecule has 0 spiro atoms. The van der Waals surface area contributed by atoms with Crippen molar-refractivity contribution in [2.24, 2.45) is 0 Å². The van der Waals surface area contributed by atoms with Crippen LogP contribution in [0.2, 0.25) is 0 Å². The Kier molecular flexibility index (Phi) is 124. The minimum atomic E-state index is -4.64. The Morgan fingerprint density at radius 2 is 0.212 bits per heavy atom. The summed E-state index contributed by atoms with van der Waals surface area (Å²) >= 11 is 0. The van der Waals surface area contributed by atoms with Crippen molar-refractivity contribution in [3.05, 3.63) is 0 Å². The molecular weight excluding hydrogens is 788 g/mol. The van der Waals surface area contributed by atoms with Gasteiger partial charge in [0, 0.05) is 0 Å². The Morgan fingerprint density at radius 3 is 0.212 bits per heavy atom. The average molecular weight is 811 g/mol. The van der Waals surface area contributed by atoms with Crippen LogP contribution in [0, 0.1) is 0 Å². The van der Waals surface area contributed by atoms with E-state index >= 15 is 0 Å². The van der Waals surface area contributed by atoms with Crippen LogP contribution in [0.1, 0.15) is 0 Å². The molecule has 0 atom stereocenters. The van der Waals surface area contributed by atoms with Gasteiger partial charge < -0.3 is 73.4 Å². The van der Waals surface area contributed by atoms with Crippen molar-refractivity contribution in [2.45, 2.75) is 0 Å². The quantitative estimate of drug-likeness (QED) is 0.0798. The van der Waals surface area contributed by atoms with Crippen molar-refractivity contribution in [1.82, 2.24) is 0 Å². The van der Waals surface area contributed by atoms with E-state index in [0.717, 1.165) is 0 Å². The predicted octanol–water partition coefficient (Wildman–Crippen LogP) is -9.83. The fraction of sp³-hybridized carbons (Fsp3) is 0. The van der Waals surface area contributed by atoms with Crippen LogP contribution >= 0.6 is 39.1 Å². The van der Waals surface area contributed by atoms with Gasteiger partial charge in [-0.25, -0.2) is 22.8 Å². The molecule has 0 aromatic heterocycles. The molecule has 0 heterocycles. The molecule has 0 radical (unpaired) electrons. The van der Waals surface area contributed by atoms with E-state index in [2.05, 4.69) is 0 Å². The summed E-state index contributed by atoms with van der Waals surface area (Å²) in [4.78, 5) is 108. The van der Waals surface area contributed by atoms with E-state index in [4.69, 9.17) is 96.2 Å². The molecule has 176 valence electrons. The first-order chi connectivity index (χ1) is 10.0. The third kappa shape index (κ3) is 467. The number of hydrogen-bond donors (Lipinski definition) is 15. The first-order valence-electron chi connectivity index (χ1n) is 3.91. The molecule has 0 aromatic carbocycles. The Bertz CT molecular complexity index is 391. The van der Waals surface area contributed by atoms with Gasteiger partial charge in [-0.15, -0.1) is 0 Å². The van der Waals surface area contributed by atoms with Gasteiger partial charge in [0.2, 0.25) is 0 Å². The van der Waals surface area contributed by atoms with Gasteiger partial charge in [-0.3, -0.25) is 0 Å². The van der Waals surface area contributed by atoms with E-state index in [0.29, 0.717) is 0 Å². The number of phosphoric acid groups is 5. The predicted molar refractivity (Wildman–Crippen MR) is 129 cm³/mol. The van der Waals surface area contributed by atoms with Crippen LogP contribution in [0.4, 0.5) is 0 Å².